The lowest BCUT2D eigenvalue weighted by Crippen LogP contribution is -2.47. The SMILES string of the molecule is O=C(NC1CNN(CC2CCCC(Cl)C2)C1)C1CC(C2CCCO2)ON1. The Labute approximate surface area is 160 Å². The number of alkyl halides is 1. The van der Waals surface area contributed by atoms with Gasteiger partial charge in [-0.05, 0) is 38.0 Å². The van der Waals surface area contributed by atoms with Crippen LogP contribution in [0.5, 0.6) is 0 Å². The second-order valence-electron chi connectivity index (χ2n) is 8.22. The van der Waals surface area contributed by atoms with E-state index in [9.17, 15) is 4.79 Å². The van der Waals surface area contributed by atoms with Crippen molar-refractivity contribution in [3.8, 4) is 0 Å². The molecule has 6 unspecified atom stereocenters. The second kappa shape index (κ2) is 8.71. The van der Waals surface area contributed by atoms with Crippen LogP contribution in [0.3, 0.4) is 0 Å². The van der Waals surface area contributed by atoms with Crippen molar-refractivity contribution >= 4 is 17.5 Å². The third-order valence-electron chi connectivity index (χ3n) is 6.07. The number of ether oxygens (including phenoxy) is 1. The van der Waals surface area contributed by atoms with E-state index >= 15 is 0 Å². The van der Waals surface area contributed by atoms with Gasteiger partial charge in [-0.15, -0.1) is 11.6 Å². The first-order valence-corrected chi connectivity index (χ1v) is 10.6. The largest absolute Gasteiger partial charge is 0.375 e. The van der Waals surface area contributed by atoms with Crippen molar-refractivity contribution < 1.29 is 14.4 Å². The van der Waals surface area contributed by atoms with E-state index in [0.29, 0.717) is 17.7 Å². The molecular weight excluding hydrogens is 356 g/mol. The van der Waals surface area contributed by atoms with Crippen LogP contribution in [0, 0.1) is 5.92 Å². The number of halogens is 1. The van der Waals surface area contributed by atoms with Gasteiger partial charge in [-0.25, -0.2) is 5.01 Å². The smallest absolute Gasteiger partial charge is 0.239 e. The van der Waals surface area contributed by atoms with Crippen LogP contribution in [0.2, 0.25) is 0 Å². The molecule has 0 bridgehead atoms. The Morgan fingerprint density at radius 1 is 1.19 bits per heavy atom. The molecule has 6 atom stereocenters. The number of rotatable bonds is 5. The zero-order valence-corrected chi connectivity index (χ0v) is 16.0. The fraction of sp³-hybridized carbons (Fsp3) is 0.944. The van der Waals surface area contributed by atoms with Crippen LogP contribution >= 0.6 is 11.6 Å². The molecule has 0 aromatic carbocycles. The Morgan fingerprint density at radius 2 is 2.12 bits per heavy atom. The molecule has 3 heterocycles. The average molecular weight is 387 g/mol. The molecule has 1 saturated carbocycles. The summed E-state index contributed by atoms with van der Waals surface area (Å²) >= 11 is 6.30. The lowest BCUT2D eigenvalue weighted by molar-refractivity contribution is -0.125. The average Bonchev–Trinajstić information content (AvgIpc) is 3.36. The summed E-state index contributed by atoms with van der Waals surface area (Å²) in [7, 11) is 0. The van der Waals surface area contributed by atoms with Crippen molar-refractivity contribution in [1.29, 1.82) is 0 Å². The number of carbonyl (C=O) groups excluding carboxylic acids is 1. The van der Waals surface area contributed by atoms with Crippen LogP contribution in [-0.2, 0) is 14.4 Å². The first-order chi connectivity index (χ1) is 12.7. The third kappa shape index (κ3) is 4.69. The minimum Gasteiger partial charge on any atom is -0.375 e. The molecule has 0 aromatic rings. The molecule has 7 nitrogen and oxygen atoms in total. The molecule has 0 radical (unpaired) electrons. The van der Waals surface area contributed by atoms with Crippen LogP contribution in [0.25, 0.3) is 0 Å². The summed E-state index contributed by atoms with van der Waals surface area (Å²) in [6, 6.07) is -0.143. The zero-order valence-electron chi connectivity index (χ0n) is 15.3. The van der Waals surface area contributed by atoms with Crippen LogP contribution in [0.15, 0.2) is 0 Å². The summed E-state index contributed by atoms with van der Waals surface area (Å²) in [5, 5.41) is 5.73. The molecular formula is C18H31ClN4O3. The maximum absolute atomic E-state index is 12.5. The van der Waals surface area contributed by atoms with Crippen molar-refractivity contribution in [3.05, 3.63) is 0 Å². The molecule has 1 amide bonds. The van der Waals surface area contributed by atoms with Crippen molar-refractivity contribution in [2.45, 2.75) is 74.6 Å². The number of hydroxylamine groups is 1. The molecule has 0 aromatic heterocycles. The fourth-order valence-corrected chi connectivity index (χ4v) is 5.06. The van der Waals surface area contributed by atoms with Crippen molar-refractivity contribution in [2.75, 3.05) is 26.2 Å². The molecule has 26 heavy (non-hydrogen) atoms. The highest BCUT2D eigenvalue weighted by molar-refractivity contribution is 6.20. The van der Waals surface area contributed by atoms with E-state index in [2.05, 4.69) is 21.2 Å². The number of carbonyl (C=O) groups is 1. The van der Waals surface area contributed by atoms with Gasteiger partial charge in [0, 0.05) is 38.0 Å². The first kappa shape index (κ1) is 18.9. The number of nitrogens with one attached hydrogen (secondary N) is 3. The highest BCUT2D eigenvalue weighted by Gasteiger charge is 2.38. The molecule has 0 spiro atoms. The van der Waals surface area contributed by atoms with Gasteiger partial charge < -0.3 is 10.1 Å². The minimum atomic E-state index is -0.284. The highest BCUT2D eigenvalue weighted by Crippen LogP contribution is 2.28. The Morgan fingerprint density at radius 3 is 2.92 bits per heavy atom. The quantitative estimate of drug-likeness (QED) is 0.610. The third-order valence-corrected chi connectivity index (χ3v) is 6.47. The van der Waals surface area contributed by atoms with E-state index in [1.165, 1.54) is 12.8 Å². The van der Waals surface area contributed by atoms with Gasteiger partial charge in [-0.3, -0.25) is 15.1 Å². The van der Waals surface area contributed by atoms with E-state index in [0.717, 1.165) is 51.9 Å². The number of hydrogen-bond acceptors (Lipinski definition) is 6. The van der Waals surface area contributed by atoms with Gasteiger partial charge in [-0.1, -0.05) is 6.42 Å². The van der Waals surface area contributed by atoms with Crippen LogP contribution < -0.4 is 16.2 Å². The van der Waals surface area contributed by atoms with Crippen molar-refractivity contribution in [1.82, 2.24) is 21.2 Å². The maximum Gasteiger partial charge on any atom is 0.239 e. The standard InChI is InChI=1S/C18H31ClN4O3/c19-13-4-1-3-12(7-13)10-23-11-14(9-20-23)21-18(24)15-8-17(26-22-15)16-5-2-6-25-16/h12-17,20,22H,1-11H2,(H,21,24). The van der Waals surface area contributed by atoms with E-state index in [1.807, 2.05) is 0 Å². The molecule has 3 saturated heterocycles. The number of nitrogens with zero attached hydrogens (tertiary/aromatic N) is 1. The Bertz CT molecular complexity index is 491. The Hall–Kier alpha value is -0.440. The van der Waals surface area contributed by atoms with Crippen LogP contribution in [0.1, 0.15) is 44.9 Å². The molecule has 4 fully saturated rings. The summed E-state index contributed by atoms with van der Waals surface area (Å²) in [5.41, 5.74) is 6.32. The monoisotopic (exact) mass is 386 g/mol. The van der Waals surface area contributed by atoms with Crippen LogP contribution in [0.4, 0.5) is 0 Å². The normalized spacial score (nSPS) is 41.6. The van der Waals surface area contributed by atoms with E-state index in [-0.39, 0.29) is 30.2 Å². The number of amides is 1. The Kier molecular flexibility index (Phi) is 6.33. The molecule has 1 aliphatic carbocycles. The minimum absolute atomic E-state index is 0.0127. The van der Waals surface area contributed by atoms with Crippen molar-refractivity contribution in [2.24, 2.45) is 5.92 Å². The maximum atomic E-state index is 12.5. The zero-order chi connectivity index (χ0) is 17.9. The predicted octanol–water partition coefficient (Wildman–Crippen LogP) is 0.930. The number of hydrazine groups is 1. The van der Waals surface area contributed by atoms with Gasteiger partial charge in [0.1, 0.15) is 12.1 Å². The van der Waals surface area contributed by atoms with Gasteiger partial charge in [0.15, 0.2) is 0 Å². The molecule has 4 aliphatic rings. The summed E-state index contributed by atoms with van der Waals surface area (Å²) in [6.07, 6.45) is 7.63. The number of hydrogen-bond donors (Lipinski definition) is 3. The summed E-state index contributed by atoms with van der Waals surface area (Å²) in [5.74, 6) is 0.683. The first-order valence-electron chi connectivity index (χ1n) is 10.1. The summed E-state index contributed by atoms with van der Waals surface area (Å²) in [6.45, 7) is 3.45. The molecule has 3 aliphatic heterocycles. The Balaban J connectivity index is 1.18. The highest BCUT2D eigenvalue weighted by atomic mass is 35.5. The summed E-state index contributed by atoms with van der Waals surface area (Å²) < 4.78 is 5.67. The lowest BCUT2D eigenvalue weighted by Gasteiger charge is -2.29. The van der Waals surface area contributed by atoms with Gasteiger partial charge >= 0.3 is 0 Å². The van der Waals surface area contributed by atoms with E-state index in [1.54, 1.807) is 0 Å². The van der Waals surface area contributed by atoms with Gasteiger partial charge in [-0.2, -0.15) is 5.48 Å². The fourth-order valence-electron chi connectivity index (χ4n) is 4.66. The molecule has 4 rings (SSSR count). The van der Waals surface area contributed by atoms with E-state index < -0.39 is 0 Å². The molecule has 148 valence electrons. The summed E-state index contributed by atoms with van der Waals surface area (Å²) in [4.78, 5) is 18.1. The van der Waals surface area contributed by atoms with Gasteiger partial charge in [0.05, 0.1) is 12.1 Å². The van der Waals surface area contributed by atoms with Gasteiger partial charge in [0.2, 0.25) is 5.91 Å². The molecule has 8 heteroatoms. The lowest BCUT2D eigenvalue weighted by atomic mass is 9.89. The van der Waals surface area contributed by atoms with Crippen LogP contribution in [-0.4, -0.2) is 66.8 Å². The van der Waals surface area contributed by atoms with Crippen molar-refractivity contribution in [3.63, 3.8) is 0 Å². The van der Waals surface area contributed by atoms with E-state index in [4.69, 9.17) is 21.2 Å². The predicted molar refractivity (Wildman–Crippen MR) is 98.5 cm³/mol. The topological polar surface area (TPSA) is 74.9 Å². The second-order valence-corrected chi connectivity index (χ2v) is 8.83. The molecule has 3 N–H and O–H groups in total. The van der Waals surface area contributed by atoms with Gasteiger partial charge in [0.25, 0.3) is 0 Å².